The van der Waals surface area contributed by atoms with Crippen molar-refractivity contribution in [3.63, 3.8) is 0 Å². The molecule has 12 heteroatoms. The van der Waals surface area contributed by atoms with E-state index in [1.54, 1.807) is 27.7 Å². The summed E-state index contributed by atoms with van der Waals surface area (Å²) in [6.45, 7) is 6.83. The zero-order valence-electron chi connectivity index (χ0n) is 18.5. The first-order valence-corrected chi connectivity index (χ1v) is 10.6. The van der Waals surface area contributed by atoms with Crippen LogP contribution in [0.25, 0.3) is 0 Å². The second kappa shape index (κ2) is 8.91. The molecule has 1 unspecified atom stereocenters. The largest absolute Gasteiger partial charge is 0.346 e. The Morgan fingerprint density at radius 2 is 1.81 bits per heavy atom. The van der Waals surface area contributed by atoms with E-state index in [1.165, 1.54) is 15.8 Å². The Labute approximate surface area is 184 Å². The van der Waals surface area contributed by atoms with Crippen molar-refractivity contribution in [3.8, 4) is 0 Å². The Balaban J connectivity index is 1.82. The summed E-state index contributed by atoms with van der Waals surface area (Å²) in [6.07, 6.45) is -1.49. The maximum absolute atomic E-state index is 13.8. The molecule has 0 spiro atoms. The van der Waals surface area contributed by atoms with E-state index in [1.807, 2.05) is 0 Å². The second-order valence-corrected chi connectivity index (χ2v) is 9.18. The van der Waals surface area contributed by atoms with Crippen molar-refractivity contribution >= 4 is 23.6 Å². The number of alkyl halides is 2. The molecule has 0 radical (unpaired) electrons. The van der Waals surface area contributed by atoms with Gasteiger partial charge in [-0.2, -0.15) is 0 Å². The van der Waals surface area contributed by atoms with Crippen molar-refractivity contribution in [2.45, 2.75) is 65.6 Å². The Bertz CT molecular complexity index is 896. The Kier molecular flexibility index (Phi) is 6.61. The zero-order valence-corrected chi connectivity index (χ0v) is 18.5. The van der Waals surface area contributed by atoms with E-state index in [9.17, 15) is 28.0 Å². The number of nitrogens with one attached hydrogen (secondary N) is 1. The summed E-state index contributed by atoms with van der Waals surface area (Å²) in [5, 5.41) is 10.0. The van der Waals surface area contributed by atoms with Crippen LogP contribution in [-0.4, -0.2) is 80.0 Å². The Hall–Kier alpha value is -2.92. The van der Waals surface area contributed by atoms with Gasteiger partial charge in [-0.25, -0.2) is 13.5 Å². The average Bonchev–Trinajstić information content (AvgIpc) is 3.41. The summed E-state index contributed by atoms with van der Waals surface area (Å²) in [5.41, 5.74) is -0.667. The van der Waals surface area contributed by atoms with E-state index >= 15 is 0 Å². The number of aryl methyl sites for hydroxylation is 1. The average molecular weight is 454 g/mol. The lowest BCUT2D eigenvalue weighted by molar-refractivity contribution is -0.154. The van der Waals surface area contributed by atoms with Gasteiger partial charge in [0.15, 0.2) is 0 Å². The predicted molar refractivity (Wildman–Crippen MR) is 107 cm³/mol. The minimum Gasteiger partial charge on any atom is -0.346 e. The first kappa shape index (κ1) is 23.7. The Morgan fingerprint density at radius 3 is 2.34 bits per heavy atom. The molecule has 0 aliphatic carbocycles. The summed E-state index contributed by atoms with van der Waals surface area (Å²) in [5.74, 6) is -3.38. The molecule has 32 heavy (non-hydrogen) atoms. The van der Waals surface area contributed by atoms with Gasteiger partial charge in [0, 0.05) is 32.5 Å². The quantitative estimate of drug-likeness (QED) is 0.632. The van der Waals surface area contributed by atoms with E-state index in [0.717, 1.165) is 4.90 Å². The highest BCUT2D eigenvalue weighted by atomic mass is 19.3. The van der Waals surface area contributed by atoms with Crippen LogP contribution in [-0.2, 0) is 20.9 Å². The van der Waals surface area contributed by atoms with Crippen molar-refractivity contribution in [1.82, 2.24) is 30.1 Å². The molecule has 2 fully saturated rings. The molecule has 2 aliphatic rings. The van der Waals surface area contributed by atoms with Gasteiger partial charge >= 0.3 is 0 Å². The first-order valence-electron chi connectivity index (χ1n) is 10.6. The van der Waals surface area contributed by atoms with Gasteiger partial charge in [0.1, 0.15) is 11.7 Å². The number of halogens is 2. The third-order valence-electron chi connectivity index (χ3n) is 5.87. The lowest BCUT2D eigenvalue weighted by Gasteiger charge is -2.37. The smallest absolute Gasteiger partial charge is 0.271 e. The molecule has 10 nitrogen and oxygen atoms in total. The molecular weight excluding hydrogens is 426 g/mol. The number of amides is 4. The fraction of sp³-hybridized carbons (Fsp3) is 0.700. The van der Waals surface area contributed by atoms with Crippen molar-refractivity contribution in [3.05, 3.63) is 11.9 Å². The fourth-order valence-corrected chi connectivity index (χ4v) is 4.25. The van der Waals surface area contributed by atoms with E-state index < -0.39 is 53.5 Å². The van der Waals surface area contributed by atoms with Crippen molar-refractivity contribution in [2.75, 3.05) is 13.1 Å². The van der Waals surface area contributed by atoms with Crippen LogP contribution in [0.5, 0.6) is 0 Å². The molecule has 176 valence electrons. The normalized spacial score (nSPS) is 22.7. The lowest BCUT2D eigenvalue weighted by atomic mass is 9.84. The number of aromatic nitrogens is 3. The number of nitrogens with zero attached hydrogens (tertiary/aromatic N) is 5. The minimum absolute atomic E-state index is 0.0240. The zero-order chi connectivity index (χ0) is 23.8. The molecule has 1 aromatic rings. The van der Waals surface area contributed by atoms with Gasteiger partial charge < -0.3 is 10.2 Å². The number of hydrogen-bond acceptors (Lipinski definition) is 6. The maximum atomic E-state index is 13.8. The molecular formula is C20H28F2N6O4. The van der Waals surface area contributed by atoms with Crippen LogP contribution in [0.3, 0.4) is 0 Å². The summed E-state index contributed by atoms with van der Waals surface area (Å²) in [4.78, 5) is 52.8. The summed E-state index contributed by atoms with van der Waals surface area (Å²) in [6, 6.07) is -2.11. The van der Waals surface area contributed by atoms with Gasteiger partial charge in [-0.05, 0) is 12.3 Å². The lowest BCUT2D eigenvalue weighted by Crippen LogP contribution is -2.56. The van der Waals surface area contributed by atoms with Gasteiger partial charge in [0.2, 0.25) is 24.1 Å². The van der Waals surface area contributed by atoms with Gasteiger partial charge in [-0.3, -0.25) is 24.1 Å². The van der Waals surface area contributed by atoms with Crippen molar-refractivity contribution in [1.29, 1.82) is 0 Å². The fourth-order valence-electron chi connectivity index (χ4n) is 4.25. The molecule has 2 saturated heterocycles. The summed E-state index contributed by atoms with van der Waals surface area (Å²) in [7, 11) is 0. The molecule has 3 rings (SSSR count). The number of rotatable bonds is 6. The van der Waals surface area contributed by atoms with Crippen LogP contribution in [0.1, 0.15) is 51.0 Å². The highest BCUT2D eigenvalue weighted by Crippen LogP contribution is 2.33. The molecule has 1 N–H and O–H groups in total. The number of imide groups is 1. The van der Waals surface area contributed by atoms with E-state index in [2.05, 4.69) is 15.6 Å². The van der Waals surface area contributed by atoms with Crippen molar-refractivity contribution in [2.24, 2.45) is 11.3 Å². The molecule has 0 saturated carbocycles. The predicted octanol–water partition coefficient (Wildman–Crippen LogP) is 0.684. The van der Waals surface area contributed by atoms with E-state index in [0.29, 0.717) is 6.54 Å². The highest BCUT2D eigenvalue weighted by Gasteiger charge is 2.49. The number of hydrogen-bond donors (Lipinski definition) is 1. The number of carbonyl (C=O) groups excluding carboxylic acids is 4. The van der Waals surface area contributed by atoms with E-state index in [4.69, 9.17) is 0 Å². The number of likely N-dealkylation sites (tertiary alicyclic amines) is 2. The molecule has 3 atom stereocenters. The summed E-state index contributed by atoms with van der Waals surface area (Å²) >= 11 is 0. The van der Waals surface area contributed by atoms with Gasteiger partial charge in [-0.15, -0.1) is 5.10 Å². The highest BCUT2D eigenvalue weighted by molar-refractivity contribution is 6.06. The third kappa shape index (κ3) is 4.49. The van der Waals surface area contributed by atoms with Crippen molar-refractivity contribution < 1.29 is 28.0 Å². The van der Waals surface area contributed by atoms with Gasteiger partial charge in [0.25, 0.3) is 5.91 Å². The molecule has 3 heterocycles. The maximum Gasteiger partial charge on any atom is 0.271 e. The minimum atomic E-state index is -2.78. The molecule has 0 aromatic carbocycles. The van der Waals surface area contributed by atoms with E-state index in [-0.39, 0.29) is 31.6 Å². The van der Waals surface area contributed by atoms with Crippen LogP contribution in [0.15, 0.2) is 6.20 Å². The summed E-state index contributed by atoms with van der Waals surface area (Å²) < 4.78 is 28.9. The van der Waals surface area contributed by atoms with Crippen LogP contribution >= 0.6 is 0 Å². The SMILES string of the molecule is CCn1nncc1C(=O)N[C@@H]1CN(C(=O)C(N2C(=O)CCC2=O)C(C)(C)C)C[C@H]1C(F)F. The van der Waals surface area contributed by atoms with Gasteiger partial charge in [-0.1, -0.05) is 26.0 Å². The molecule has 2 aliphatic heterocycles. The van der Waals surface area contributed by atoms with Crippen LogP contribution in [0, 0.1) is 11.3 Å². The molecule has 0 bridgehead atoms. The second-order valence-electron chi connectivity index (χ2n) is 9.18. The first-order chi connectivity index (χ1) is 15.0. The molecule has 4 amide bonds. The monoisotopic (exact) mass is 454 g/mol. The van der Waals surface area contributed by atoms with Crippen LogP contribution in [0.4, 0.5) is 8.78 Å². The number of carbonyl (C=O) groups is 4. The third-order valence-corrected chi connectivity index (χ3v) is 5.87. The molecule has 1 aromatic heterocycles. The Morgan fingerprint density at radius 1 is 1.19 bits per heavy atom. The standard InChI is InChI=1S/C20H28F2N6O4/c1-5-27-13(8-23-25-27)18(31)24-12-10-26(9-11(12)17(21)22)19(32)16(20(2,3)4)28-14(29)6-7-15(28)30/h8,11-12,16-17H,5-7,9-10H2,1-4H3,(H,24,31)/t11-,12-,16?/m1/s1. The topological polar surface area (TPSA) is 118 Å². The van der Waals surface area contributed by atoms with Crippen LogP contribution in [0.2, 0.25) is 0 Å². The van der Waals surface area contributed by atoms with Gasteiger partial charge in [0.05, 0.1) is 18.2 Å². The van der Waals surface area contributed by atoms with Crippen LogP contribution < -0.4 is 5.32 Å².